The SMILES string of the molecule is CCc1cc2ccc(C(C)(C)C)c(F)c2n1C. The van der Waals surface area contributed by atoms with Crippen LogP contribution >= 0.6 is 0 Å². The summed E-state index contributed by atoms with van der Waals surface area (Å²) in [6.07, 6.45) is 0.926. The highest BCUT2D eigenvalue weighted by atomic mass is 19.1. The quantitative estimate of drug-likeness (QED) is 0.696. The predicted octanol–water partition coefficient (Wildman–Crippen LogP) is 4.18. The van der Waals surface area contributed by atoms with Crippen LogP contribution in [0.25, 0.3) is 10.9 Å². The largest absolute Gasteiger partial charge is 0.345 e. The molecule has 0 spiro atoms. The molecule has 0 aliphatic carbocycles. The fraction of sp³-hybridized carbons (Fsp3) is 0.467. The van der Waals surface area contributed by atoms with Crippen LogP contribution in [0.4, 0.5) is 4.39 Å². The number of halogens is 1. The summed E-state index contributed by atoms with van der Waals surface area (Å²) in [4.78, 5) is 0. The lowest BCUT2D eigenvalue weighted by molar-refractivity contribution is 0.526. The molecular formula is C15H20FN. The van der Waals surface area contributed by atoms with Gasteiger partial charge in [-0.2, -0.15) is 0 Å². The zero-order valence-corrected chi connectivity index (χ0v) is 11.3. The minimum Gasteiger partial charge on any atom is -0.345 e. The maximum Gasteiger partial charge on any atom is 0.151 e. The molecule has 0 bridgehead atoms. The summed E-state index contributed by atoms with van der Waals surface area (Å²) >= 11 is 0. The van der Waals surface area contributed by atoms with Gasteiger partial charge in [-0.05, 0) is 23.5 Å². The summed E-state index contributed by atoms with van der Waals surface area (Å²) in [5.41, 5.74) is 2.53. The van der Waals surface area contributed by atoms with Crippen LogP contribution < -0.4 is 0 Å². The van der Waals surface area contributed by atoms with Crippen LogP contribution in [0.3, 0.4) is 0 Å². The minimum atomic E-state index is -0.158. The zero-order chi connectivity index (χ0) is 12.8. The van der Waals surface area contributed by atoms with Gasteiger partial charge in [0.25, 0.3) is 0 Å². The Bertz CT molecular complexity index is 558. The van der Waals surface area contributed by atoms with Crippen molar-refractivity contribution in [2.24, 2.45) is 7.05 Å². The van der Waals surface area contributed by atoms with E-state index in [1.807, 2.05) is 44.5 Å². The first-order valence-corrected chi connectivity index (χ1v) is 6.13. The first-order chi connectivity index (χ1) is 7.86. The van der Waals surface area contributed by atoms with E-state index >= 15 is 0 Å². The average Bonchev–Trinajstić information content (AvgIpc) is 2.54. The van der Waals surface area contributed by atoms with Gasteiger partial charge in [-0.15, -0.1) is 0 Å². The molecule has 0 aliphatic rings. The molecule has 0 aliphatic heterocycles. The molecule has 2 heteroatoms. The fourth-order valence-corrected chi connectivity index (χ4v) is 2.38. The van der Waals surface area contributed by atoms with Gasteiger partial charge in [0.1, 0.15) is 0 Å². The maximum atomic E-state index is 14.6. The Balaban J connectivity index is 2.79. The van der Waals surface area contributed by atoms with Crippen LogP contribution in [0.15, 0.2) is 18.2 Å². The number of nitrogens with zero attached hydrogens (tertiary/aromatic N) is 1. The Morgan fingerprint density at radius 1 is 1.24 bits per heavy atom. The summed E-state index contributed by atoms with van der Waals surface area (Å²) in [6.45, 7) is 8.22. The van der Waals surface area contributed by atoms with Gasteiger partial charge in [0.2, 0.25) is 0 Å². The molecule has 92 valence electrons. The summed E-state index contributed by atoms with van der Waals surface area (Å²) in [7, 11) is 1.94. The van der Waals surface area contributed by atoms with E-state index in [2.05, 4.69) is 13.0 Å². The maximum absolute atomic E-state index is 14.6. The molecule has 0 saturated carbocycles. The topological polar surface area (TPSA) is 4.93 Å². The van der Waals surface area contributed by atoms with Gasteiger partial charge in [-0.1, -0.05) is 39.8 Å². The highest BCUT2D eigenvalue weighted by molar-refractivity contribution is 5.83. The lowest BCUT2D eigenvalue weighted by atomic mass is 9.86. The third-order valence-corrected chi connectivity index (χ3v) is 3.41. The Hall–Kier alpha value is -1.31. The van der Waals surface area contributed by atoms with Gasteiger partial charge in [0.15, 0.2) is 5.82 Å². The van der Waals surface area contributed by atoms with Crippen LogP contribution in [0.1, 0.15) is 39.0 Å². The molecular weight excluding hydrogens is 213 g/mol. The van der Waals surface area contributed by atoms with E-state index in [1.54, 1.807) is 0 Å². The molecule has 0 atom stereocenters. The number of benzene rings is 1. The van der Waals surface area contributed by atoms with Crippen molar-refractivity contribution in [1.82, 2.24) is 4.57 Å². The van der Waals surface area contributed by atoms with Gasteiger partial charge < -0.3 is 4.57 Å². The second-order valence-electron chi connectivity index (χ2n) is 5.66. The van der Waals surface area contributed by atoms with E-state index in [0.717, 1.165) is 22.9 Å². The molecule has 1 nitrogen and oxygen atoms in total. The van der Waals surface area contributed by atoms with Crippen LogP contribution in [0.2, 0.25) is 0 Å². The monoisotopic (exact) mass is 233 g/mol. The van der Waals surface area contributed by atoms with E-state index < -0.39 is 0 Å². The first-order valence-electron chi connectivity index (χ1n) is 6.13. The van der Waals surface area contributed by atoms with E-state index in [0.29, 0.717) is 0 Å². The van der Waals surface area contributed by atoms with Crippen LogP contribution in [-0.2, 0) is 18.9 Å². The number of aryl methyl sites for hydroxylation is 2. The molecule has 2 aromatic rings. The molecule has 1 aromatic carbocycles. The summed E-state index contributed by atoms with van der Waals surface area (Å²) in [6, 6.07) is 6.01. The van der Waals surface area contributed by atoms with Crippen molar-refractivity contribution in [3.05, 3.63) is 35.3 Å². The highest BCUT2D eigenvalue weighted by Crippen LogP contribution is 2.31. The van der Waals surface area contributed by atoms with Crippen LogP contribution in [0, 0.1) is 5.82 Å². The van der Waals surface area contributed by atoms with Crippen molar-refractivity contribution in [2.75, 3.05) is 0 Å². The molecule has 0 fully saturated rings. The zero-order valence-electron chi connectivity index (χ0n) is 11.3. The fourth-order valence-electron chi connectivity index (χ4n) is 2.38. The predicted molar refractivity (Wildman–Crippen MR) is 71.0 cm³/mol. The van der Waals surface area contributed by atoms with Crippen molar-refractivity contribution >= 4 is 10.9 Å². The van der Waals surface area contributed by atoms with Gasteiger partial charge in [0.05, 0.1) is 5.52 Å². The Kier molecular flexibility index (Phi) is 2.76. The molecule has 0 saturated heterocycles. The van der Waals surface area contributed by atoms with Crippen molar-refractivity contribution < 1.29 is 4.39 Å². The third-order valence-electron chi connectivity index (χ3n) is 3.41. The molecule has 1 heterocycles. The number of fused-ring (bicyclic) bond motifs is 1. The average molecular weight is 233 g/mol. The number of hydrogen-bond acceptors (Lipinski definition) is 0. The minimum absolute atomic E-state index is 0.0720. The first kappa shape index (κ1) is 12.2. The second kappa shape index (κ2) is 3.86. The number of hydrogen-bond donors (Lipinski definition) is 0. The Labute approximate surface area is 102 Å². The normalized spacial score (nSPS) is 12.4. The number of rotatable bonds is 1. The van der Waals surface area contributed by atoms with Crippen molar-refractivity contribution in [1.29, 1.82) is 0 Å². The Morgan fingerprint density at radius 3 is 2.41 bits per heavy atom. The van der Waals surface area contributed by atoms with E-state index in [9.17, 15) is 4.39 Å². The summed E-state index contributed by atoms with van der Waals surface area (Å²) < 4.78 is 16.5. The molecule has 0 radical (unpaired) electrons. The van der Waals surface area contributed by atoms with Gasteiger partial charge in [-0.3, -0.25) is 0 Å². The van der Waals surface area contributed by atoms with Gasteiger partial charge in [-0.25, -0.2) is 4.39 Å². The lowest BCUT2D eigenvalue weighted by Crippen LogP contribution is -2.14. The summed E-state index contributed by atoms with van der Waals surface area (Å²) in [5.74, 6) is -0.0720. The van der Waals surface area contributed by atoms with Crippen molar-refractivity contribution in [3.8, 4) is 0 Å². The Morgan fingerprint density at radius 2 is 1.88 bits per heavy atom. The molecule has 0 unspecified atom stereocenters. The third kappa shape index (κ3) is 1.86. The van der Waals surface area contributed by atoms with Crippen LogP contribution in [-0.4, -0.2) is 4.57 Å². The van der Waals surface area contributed by atoms with E-state index in [1.165, 1.54) is 5.69 Å². The smallest absolute Gasteiger partial charge is 0.151 e. The molecule has 2 rings (SSSR count). The van der Waals surface area contributed by atoms with E-state index in [-0.39, 0.29) is 11.2 Å². The van der Waals surface area contributed by atoms with Crippen molar-refractivity contribution in [3.63, 3.8) is 0 Å². The highest BCUT2D eigenvalue weighted by Gasteiger charge is 2.21. The molecule has 0 amide bonds. The molecule has 1 aromatic heterocycles. The summed E-state index contributed by atoms with van der Waals surface area (Å²) in [5, 5.41) is 0.995. The van der Waals surface area contributed by atoms with Crippen LogP contribution in [0.5, 0.6) is 0 Å². The standard InChI is InChI=1S/C15H20FN/c1-6-11-9-10-7-8-12(15(2,3)4)13(16)14(10)17(11)5/h7-9H,6H2,1-5H3. The van der Waals surface area contributed by atoms with E-state index in [4.69, 9.17) is 0 Å². The second-order valence-corrected chi connectivity index (χ2v) is 5.66. The lowest BCUT2D eigenvalue weighted by Gasteiger charge is -2.20. The molecule has 0 N–H and O–H groups in total. The van der Waals surface area contributed by atoms with Crippen molar-refractivity contribution in [2.45, 2.75) is 39.5 Å². The van der Waals surface area contributed by atoms with Gasteiger partial charge in [0, 0.05) is 18.1 Å². The van der Waals surface area contributed by atoms with Gasteiger partial charge >= 0.3 is 0 Å². The molecule has 17 heavy (non-hydrogen) atoms. The number of aromatic nitrogens is 1.